The molecular formula is C23H24N6O4S. The summed E-state index contributed by atoms with van der Waals surface area (Å²) in [6, 6.07) is 12.8. The summed E-state index contributed by atoms with van der Waals surface area (Å²) in [5, 5.41) is 20.3. The maximum absolute atomic E-state index is 12.8. The molecule has 1 aliphatic rings. The molecule has 1 aliphatic carbocycles. The van der Waals surface area contributed by atoms with Crippen molar-refractivity contribution in [2.24, 2.45) is 0 Å². The van der Waals surface area contributed by atoms with Crippen LogP contribution in [0.3, 0.4) is 0 Å². The second kappa shape index (κ2) is 8.60. The molecule has 0 amide bonds. The second-order valence-electron chi connectivity index (χ2n) is 8.29. The fourth-order valence-electron chi connectivity index (χ4n) is 4.54. The van der Waals surface area contributed by atoms with Crippen molar-refractivity contribution in [3.8, 4) is 11.1 Å². The largest absolute Gasteiger partial charge is 0.383 e. The minimum absolute atomic E-state index is 0.00126. The number of nitrogens with two attached hydrogens (primary N) is 1. The molecule has 0 bridgehead atoms. The van der Waals surface area contributed by atoms with Crippen LogP contribution in [0.4, 0.5) is 17.2 Å². The van der Waals surface area contributed by atoms with Crippen LogP contribution < -0.4 is 15.7 Å². The quantitative estimate of drug-likeness (QED) is 0.301. The minimum atomic E-state index is -3.94. The van der Waals surface area contributed by atoms with Gasteiger partial charge < -0.3 is 10.3 Å². The van der Waals surface area contributed by atoms with Crippen LogP contribution >= 0.6 is 0 Å². The maximum atomic E-state index is 12.8. The molecule has 0 aliphatic heterocycles. The molecule has 5 rings (SSSR count). The number of anilines is 3. The molecule has 0 atom stereocenters. The maximum Gasteiger partial charge on any atom is 0.261 e. The predicted octanol–water partition coefficient (Wildman–Crippen LogP) is 4.18. The Morgan fingerprint density at radius 1 is 1.06 bits per heavy atom. The lowest BCUT2D eigenvalue weighted by molar-refractivity contribution is 0.0296. The highest BCUT2D eigenvalue weighted by Crippen LogP contribution is 2.40. The summed E-state index contributed by atoms with van der Waals surface area (Å²) in [5.74, 6) is 0.317. The first-order chi connectivity index (χ1) is 16.3. The highest BCUT2D eigenvalue weighted by Gasteiger charge is 2.24. The van der Waals surface area contributed by atoms with E-state index in [2.05, 4.69) is 19.3 Å². The van der Waals surface area contributed by atoms with Gasteiger partial charge >= 0.3 is 0 Å². The van der Waals surface area contributed by atoms with Gasteiger partial charge in [0.05, 0.1) is 16.0 Å². The Balaban J connectivity index is 1.60. The molecule has 5 N–H and O–H groups in total. The third-order valence-electron chi connectivity index (χ3n) is 6.18. The van der Waals surface area contributed by atoms with E-state index >= 15 is 0 Å². The number of sulfonamides is 1. The van der Waals surface area contributed by atoms with Crippen molar-refractivity contribution in [3.05, 3.63) is 61.1 Å². The molecule has 2 heterocycles. The van der Waals surface area contributed by atoms with Gasteiger partial charge in [0.15, 0.2) is 0 Å². The van der Waals surface area contributed by atoms with E-state index in [0.29, 0.717) is 22.8 Å². The van der Waals surface area contributed by atoms with Crippen molar-refractivity contribution >= 4 is 38.2 Å². The van der Waals surface area contributed by atoms with Crippen LogP contribution in [0.25, 0.3) is 22.2 Å². The van der Waals surface area contributed by atoms with Crippen LogP contribution in [0.1, 0.15) is 31.7 Å². The Morgan fingerprint density at radius 3 is 2.50 bits per heavy atom. The minimum Gasteiger partial charge on any atom is -0.383 e. The van der Waals surface area contributed by atoms with Gasteiger partial charge in [-0.3, -0.25) is 15.1 Å². The van der Waals surface area contributed by atoms with Crippen LogP contribution in [0.5, 0.6) is 0 Å². The Bertz CT molecular complexity index is 1450. The molecule has 2 aromatic carbocycles. The number of nitrogen functional groups attached to an aromatic ring is 1. The van der Waals surface area contributed by atoms with Crippen LogP contribution in [0, 0.1) is 0 Å². The zero-order valence-electron chi connectivity index (χ0n) is 18.2. The van der Waals surface area contributed by atoms with Gasteiger partial charge in [-0.05, 0) is 42.7 Å². The first-order valence-corrected chi connectivity index (χ1v) is 12.3. The Labute approximate surface area is 196 Å². The zero-order valence-corrected chi connectivity index (χ0v) is 19.0. The predicted molar refractivity (Wildman–Crippen MR) is 128 cm³/mol. The standard InChI is InChI=1S/C23H24N6O4S/c24-22-21-18(13-28(16-6-4-5-7-16)23(21)26-14-25-22)15-10-11-19(20(12-15)29(30)31)27-34(32,33)17-8-2-1-3-9-17/h1-3,8-14,16,27,30-31H,4-7H2,(H2,24,25,26). The summed E-state index contributed by atoms with van der Waals surface area (Å²) in [5.41, 5.74) is 8.12. The van der Waals surface area contributed by atoms with Crippen molar-refractivity contribution in [2.75, 3.05) is 15.7 Å². The van der Waals surface area contributed by atoms with Crippen molar-refractivity contribution < 1.29 is 18.8 Å². The number of nitrogens with one attached hydrogen (secondary N) is 1. The number of rotatable bonds is 6. The van der Waals surface area contributed by atoms with Gasteiger partial charge in [-0.1, -0.05) is 37.1 Å². The third kappa shape index (κ3) is 3.94. The highest BCUT2D eigenvalue weighted by atomic mass is 32.2. The number of hydrogen-bond acceptors (Lipinski definition) is 8. The van der Waals surface area contributed by atoms with E-state index in [1.807, 2.05) is 6.20 Å². The molecule has 34 heavy (non-hydrogen) atoms. The van der Waals surface area contributed by atoms with E-state index in [9.17, 15) is 18.8 Å². The summed E-state index contributed by atoms with van der Waals surface area (Å²) in [6.45, 7) is 0. The fourth-order valence-corrected chi connectivity index (χ4v) is 5.64. The number of nitrogens with zero attached hydrogens (tertiary/aromatic N) is 4. The molecule has 4 aromatic rings. The summed E-state index contributed by atoms with van der Waals surface area (Å²) in [4.78, 5) is 8.66. The molecule has 0 radical (unpaired) electrons. The molecule has 176 valence electrons. The molecule has 0 saturated heterocycles. The second-order valence-corrected chi connectivity index (χ2v) is 9.97. The van der Waals surface area contributed by atoms with E-state index in [4.69, 9.17) is 5.73 Å². The Hall–Kier alpha value is -3.67. The number of fused-ring (bicyclic) bond motifs is 1. The Morgan fingerprint density at radius 2 is 1.79 bits per heavy atom. The summed E-state index contributed by atoms with van der Waals surface area (Å²) >= 11 is 0. The van der Waals surface area contributed by atoms with Crippen molar-refractivity contribution in [2.45, 2.75) is 36.6 Å². The number of benzene rings is 2. The Kier molecular flexibility index (Phi) is 5.60. The molecule has 10 nitrogen and oxygen atoms in total. The molecule has 1 fully saturated rings. The first-order valence-electron chi connectivity index (χ1n) is 10.9. The first kappa shape index (κ1) is 22.1. The van der Waals surface area contributed by atoms with Crippen LogP contribution in [0.2, 0.25) is 0 Å². The van der Waals surface area contributed by atoms with Crippen molar-refractivity contribution in [3.63, 3.8) is 0 Å². The van der Waals surface area contributed by atoms with Gasteiger partial charge in [0.2, 0.25) is 0 Å². The van der Waals surface area contributed by atoms with Gasteiger partial charge in [-0.25, -0.2) is 18.4 Å². The zero-order chi connectivity index (χ0) is 23.9. The monoisotopic (exact) mass is 480 g/mol. The number of hydrogen-bond donors (Lipinski definition) is 4. The number of aromatic nitrogens is 3. The summed E-state index contributed by atoms with van der Waals surface area (Å²) in [7, 11) is -3.94. The normalized spacial score (nSPS) is 14.5. The lowest BCUT2D eigenvalue weighted by Crippen LogP contribution is -2.18. The smallest absolute Gasteiger partial charge is 0.261 e. The SMILES string of the molecule is Nc1ncnc2c1c(-c1ccc(NS(=O)(=O)c3ccccc3)c(N(O)O)c1)cn2C1CCCC1. The highest BCUT2D eigenvalue weighted by molar-refractivity contribution is 7.92. The summed E-state index contributed by atoms with van der Waals surface area (Å²) in [6.07, 6.45) is 7.76. The van der Waals surface area contributed by atoms with Crippen LogP contribution in [0.15, 0.2) is 66.0 Å². The van der Waals surface area contributed by atoms with Crippen molar-refractivity contribution in [1.82, 2.24) is 14.5 Å². The van der Waals surface area contributed by atoms with Gasteiger partial charge in [-0.15, -0.1) is 5.23 Å². The molecule has 1 saturated carbocycles. The molecule has 11 heteroatoms. The topological polar surface area (TPSA) is 147 Å². The molecule has 0 unspecified atom stereocenters. The average Bonchev–Trinajstić information content (AvgIpc) is 3.48. The molecular weight excluding hydrogens is 456 g/mol. The van der Waals surface area contributed by atoms with Gasteiger partial charge in [0.25, 0.3) is 10.0 Å². The van der Waals surface area contributed by atoms with E-state index in [0.717, 1.165) is 36.9 Å². The van der Waals surface area contributed by atoms with E-state index in [1.54, 1.807) is 24.3 Å². The van der Waals surface area contributed by atoms with E-state index in [-0.39, 0.29) is 21.5 Å². The van der Waals surface area contributed by atoms with Gasteiger partial charge in [-0.2, -0.15) is 0 Å². The van der Waals surface area contributed by atoms with Gasteiger partial charge in [0, 0.05) is 17.8 Å². The van der Waals surface area contributed by atoms with Crippen LogP contribution in [-0.2, 0) is 10.0 Å². The average molecular weight is 481 g/mol. The van der Waals surface area contributed by atoms with Crippen molar-refractivity contribution in [1.29, 1.82) is 0 Å². The summed E-state index contributed by atoms with van der Waals surface area (Å²) < 4.78 is 30.1. The van der Waals surface area contributed by atoms with E-state index < -0.39 is 10.0 Å². The van der Waals surface area contributed by atoms with Gasteiger partial charge in [0.1, 0.15) is 23.5 Å². The fraction of sp³-hybridized carbons (Fsp3) is 0.217. The van der Waals surface area contributed by atoms with E-state index in [1.165, 1.54) is 30.6 Å². The third-order valence-corrected chi connectivity index (χ3v) is 7.56. The van der Waals surface area contributed by atoms with Crippen LogP contribution in [-0.4, -0.2) is 33.4 Å². The lowest BCUT2D eigenvalue weighted by Gasteiger charge is -2.17. The molecule has 2 aromatic heterocycles. The lowest BCUT2D eigenvalue weighted by atomic mass is 10.0. The molecule has 0 spiro atoms.